The summed E-state index contributed by atoms with van der Waals surface area (Å²) in [5.74, 6) is 1.64. The van der Waals surface area contributed by atoms with Crippen molar-refractivity contribution in [3.8, 4) is 5.75 Å². The number of halogens is 3. The van der Waals surface area contributed by atoms with Crippen LogP contribution in [0.15, 0.2) is 26.5 Å². The molecule has 0 amide bonds. The molecule has 1 aromatic carbocycles. The number of ether oxygens (including phenoxy) is 1. The highest BCUT2D eigenvalue weighted by Gasteiger charge is 2.06. The van der Waals surface area contributed by atoms with Crippen LogP contribution in [0.1, 0.15) is 5.56 Å². The van der Waals surface area contributed by atoms with Crippen molar-refractivity contribution in [2.45, 2.75) is 11.8 Å². The van der Waals surface area contributed by atoms with Gasteiger partial charge in [-0.25, -0.2) is 0 Å². The van der Waals surface area contributed by atoms with Gasteiger partial charge in [-0.2, -0.15) is 0 Å². The molecular formula is C11H11Br2ClOS. The Morgan fingerprint density at radius 1 is 1.50 bits per heavy atom. The van der Waals surface area contributed by atoms with E-state index in [0.29, 0.717) is 5.02 Å². The standard InChI is InChI=1S/C11H11Br2ClOS/c1-7-5-8(16-4-3-10(12)13)6-9(14)11(7)15-2/h3,5-6H,4H2,1-2H3. The molecule has 16 heavy (non-hydrogen) atoms. The Morgan fingerprint density at radius 2 is 2.19 bits per heavy atom. The minimum absolute atomic E-state index is 0.659. The van der Waals surface area contributed by atoms with E-state index in [1.165, 1.54) is 0 Å². The SMILES string of the molecule is COc1c(C)cc(SCC=C(Br)Br)cc1Cl. The first-order chi connectivity index (χ1) is 7.54. The van der Waals surface area contributed by atoms with Crippen molar-refractivity contribution < 1.29 is 4.74 Å². The fourth-order valence-electron chi connectivity index (χ4n) is 1.24. The van der Waals surface area contributed by atoms with Gasteiger partial charge in [0.15, 0.2) is 0 Å². The summed E-state index contributed by atoms with van der Waals surface area (Å²) in [6.45, 7) is 1.99. The van der Waals surface area contributed by atoms with E-state index in [9.17, 15) is 0 Å². The van der Waals surface area contributed by atoms with Crippen LogP contribution in [-0.4, -0.2) is 12.9 Å². The van der Waals surface area contributed by atoms with Gasteiger partial charge in [-0.15, -0.1) is 11.8 Å². The summed E-state index contributed by atoms with van der Waals surface area (Å²) in [6, 6.07) is 4.00. The van der Waals surface area contributed by atoms with E-state index in [4.69, 9.17) is 16.3 Å². The number of aryl methyl sites for hydroxylation is 1. The molecule has 0 fully saturated rings. The zero-order valence-electron chi connectivity index (χ0n) is 8.89. The van der Waals surface area contributed by atoms with Crippen molar-refractivity contribution in [1.82, 2.24) is 0 Å². The Bertz CT molecular complexity index is 380. The van der Waals surface area contributed by atoms with Crippen molar-refractivity contribution in [3.63, 3.8) is 0 Å². The predicted molar refractivity (Wildman–Crippen MR) is 79.4 cm³/mol. The van der Waals surface area contributed by atoms with Gasteiger partial charge in [0, 0.05) is 10.6 Å². The molecule has 0 saturated heterocycles. The highest BCUT2D eigenvalue weighted by Crippen LogP contribution is 2.33. The second kappa shape index (κ2) is 6.94. The van der Waals surface area contributed by atoms with Gasteiger partial charge in [0.1, 0.15) is 5.75 Å². The molecule has 0 heterocycles. The lowest BCUT2D eigenvalue weighted by atomic mass is 10.2. The van der Waals surface area contributed by atoms with Crippen LogP contribution in [0.2, 0.25) is 5.02 Å². The van der Waals surface area contributed by atoms with E-state index in [2.05, 4.69) is 37.9 Å². The largest absolute Gasteiger partial charge is 0.495 e. The first-order valence-corrected chi connectivity index (χ1v) is 7.47. The molecule has 0 unspecified atom stereocenters. The van der Waals surface area contributed by atoms with E-state index in [0.717, 1.165) is 25.4 Å². The third-order valence-corrected chi connectivity index (χ3v) is 3.73. The molecule has 0 radical (unpaired) electrons. The van der Waals surface area contributed by atoms with Gasteiger partial charge in [0.25, 0.3) is 0 Å². The lowest BCUT2D eigenvalue weighted by molar-refractivity contribution is 0.411. The second-order valence-corrected chi connectivity index (χ2v) is 7.33. The Balaban J connectivity index is 2.80. The number of benzene rings is 1. The van der Waals surface area contributed by atoms with E-state index in [1.807, 2.05) is 19.1 Å². The maximum atomic E-state index is 6.10. The quantitative estimate of drug-likeness (QED) is 0.643. The van der Waals surface area contributed by atoms with Crippen LogP contribution in [-0.2, 0) is 0 Å². The molecule has 1 rings (SSSR count). The zero-order valence-corrected chi connectivity index (χ0v) is 13.6. The molecule has 0 saturated carbocycles. The van der Waals surface area contributed by atoms with Crippen LogP contribution in [0.5, 0.6) is 5.75 Å². The third-order valence-electron chi connectivity index (χ3n) is 1.89. The summed E-state index contributed by atoms with van der Waals surface area (Å²) in [5.41, 5.74) is 1.05. The molecule has 0 aliphatic carbocycles. The van der Waals surface area contributed by atoms with Crippen LogP contribution in [0.4, 0.5) is 0 Å². The molecular weight excluding hydrogens is 375 g/mol. The number of methoxy groups -OCH3 is 1. The van der Waals surface area contributed by atoms with Crippen molar-refractivity contribution in [3.05, 3.63) is 32.2 Å². The Hall–Kier alpha value is 0.360. The summed E-state index contributed by atoms with van der Waals surface area (Å²) in [4.78, 5) is 1.14. The van der Waals surface area contributed by atoms with Gasteiger partial charge in [-0.05, 0) is 56.5 Å². The van der Waals surface area contributed by atoms with Crippen LogP contribution in [0, 0.1) is 6.92 Å². The number of rotatable bonds is 4. The first kappa shape index (κ1) is 14.4. The van der Waals surface area contributed by atoms with Gasteiger partial charge in [0.05, 0.1) is 15.5 Å². The molecule has 0 bridgehead atoms. The summed E-state index contributed by atoms with van der Waals surface area (Å²) in [6.07, 6.45) is 2.04. The van der Waals surface area contributed by atoms with Gasteiger partial charge in [-0.3, -0.25) is 0 Å². The summed E-state index contributed by atoms with van der Waals surface area (Å²) >= 11 is 14.5. The third kappa shape index (κ3) is 4.32. The van der Waals surface area contributed by atoms with E-state index < -0.39 is 0 Å². The smallest absolute Gasteiger partial charge is 0.140 e. The van der Waals surface area contributed by atoms with Crippen molar-refractivity contribution in [1.29, 1.82) is 0 Å². The molecule has 0 atom stereocenters. The van der Waals surface area contributed by atoms with Crippen LogP contribution in [0.3, 0.4) is 0 Å². The van der Waals surface area contributed by atoms with Crippen molar-refractivity contribution in [2.75, 3.05) is 12.9 Å². The molecule has 1 aromatic rings. The first-order valence-electron chi connectivity index (χ1n) is 4.52. The molecule has 0 N–H and O–H groups in total. The van der Waals surface area contributed by atoms with Crippen LogP contribution >= 0.6 is 55.2 Å². The highest BCUT2D eigenvalue weighted by atomic mass is 79.9. The number of thioether (sulfide) groups is 1. The fraction of sp³-hybridized carbons (Fsp3) is 0.273. The minimum Gasteiger partial charge on any atom is -0.495 e. The molecule has 0 spiro atoms. The van der Waals surface area contributed by atoms with Crippen molar-refractivity contribution in [2.24, 2.45) is 0 Å². The Labute approximate surface area is 122 Å². The predicted octanol–water partition coefficient (Wildman–Crippen LogP) is 5.38. The van der Waals surface area contributed by atoms with E-state index >= 15 is 0 Å². The molecule has 1 nitrogen and oxygen atoms in total. The van der Waals surface area contributed by atoms with Gasteiger partial charge >= 0.3 is 0 Å². The van der Waals surface area contributed by atoms with Crippen LogP contribution < -0.4 is 4.74 Å². The topological polar surface area (TPSA) is 9.23 Å². The van der Waals surface area contributed by atoms with E-state index in [-0.39, 0.29) is 0 Å². The van der Waals surface area contributed by atoms with E-state index in [1.54, 1.807) is 18.9 Å². The maximum absolute atomic E-state index is 6.10. The molecule has 88 valence electrons. The number of hydrogen-bond acceptors (Lipinski definition) is 2. The molecule has 0 aliphatic heterocycles. The average molecular weight is 387 g/mol. The zero-order chi connectivity index (χ0) is 12.1. The van der Waals surface area contributed by atoms with Gasteiger partial charge < -0.3 is 4.74 Å². The van der Waals surface area contributed by atoms with Gasteiger partial charge in [0.2, 0.25) is 0 Å². The number of hydrogen-bond donors (Lipinski definition) is 0. The highest BCUT2D eigenvalue weighted by molar-refractivity contribution is 9.28. The fourth-order valence-corrected chi connectivity index (χ4v) is 3.31. The Kier molecular flexibility index (Phi) is 6.26. The lowest BCUT2D eigenvalue weighted by Gasteiger charge is -2.09. The van der Waals surface area contributed by atoms with Gasteiger partial charge in [-0.1, -0.05) is 17.7 Å². The van der Waals surface area contributed by atoms with Crippen LogP contribution in [0.25, 0.3) is 0 Å². The summed E-state index contributed by atoms with van der Waals surface area (Å²) < 4.78 is 6.17. The lowest BCUT2D eigenvalue weighted by Crippen LogP contribution is -1.89. The average Bonchev–Trinajstić information content (AvgIpc) is 2.16. The monoisotopic (exact) mass is 384 g/mol. The summed E-state index contributed by atoms with van der Waals surface area (Å²) in [7, 11) is 1.63. The molecule has 0 aromatic heterocycles. The molecule has 0 aliphatic rings. The second-order valence-electron chi connectivity index (χ2n) is 3.06. The van der Waals surface area contributed by atoms with Crippen molar-refractivity contribution >= 4 is 55.2 Å². The minimum atomic E-state index is 0.659. The normalized spacial score (nSPS) is 10.1. The Morgan fingerprint density at radius 3 is 2.69 bits per heavy atom. The summed E-state index contributed by atoms with van der Waals surface area (Å²) in [5, 5.41) is 0.659. The maximum Gasteiger partial charge on any atom is 0.140 e. The molecule has 5 heteroatoms.